The number of ether oxygens (including phenoxy) is 1. The Morgan fingerprint density at radius 1 is 1.24 bits per heavy atom. The topological polar surface area (TPSA) is 93.2 Å². The van der Waals surface area contributed by atoms with Crippen molar-refractivity contribution < 1.29 is 13.2 Å². The van der Waals surface area contributed by atoms with Gasteiger partial charge in [0.25, 0.3) is 10.0 Å². The van der Waals surface area contributed by atoms with Crippen molar-refractivity contribution >= 4 is 21.5 Å². The molecule has 0 bridgehead atoms. The van der Waals surface area contributed by atoms with Crippen LogP contribution in [0.1, 0.15) is 6.92 Å². The third-order valence-corrected chi connectivity index (χ3v) is 4.02. The van der Waals surface area contributed by atoms with E-state index in [1.165, 1.54) is 25.6 Å². The first-order valence-electron chi connectivity index (χ1n) is 6.28. The van der Waals surface area contributed by atoms with Crippen LogP contribution >= 0.6 is 0 Å². The molecule has 21 heavy (non-hydrogen) atoms. The van der Waals surface area contributed by atoms with Gasteiger partial charge in [-0.25, -0.2) is 18.4 Å². The predicted molar refractivity (Wildman–Crippen MR) is 80.0 cm³/mol. The number of methoxy groups -OCH3 is 1. The summed E-state index contributed by atoms with van der Waals surface area (Å²) in [5.41, 5.74) is 0.349. The molecule has 112 valence electrons. The van der Waals surface area contributed by atoms with E-state index in [0.717, 1.165) is 0 Å². The van der Waals surface area contributed by atoms with E-state index in [-0.39, 0.29) is 4.90 Å². The summed E-state index contributed by atoms with van der Waals surface area (Å²) in [4.78, 5) is 8.08. The average Bonchev–Trinajstić information content (AvgIpc) is 2.48. The molecule has 2 heterocycles. The molecular weight excluding hydrogens is 292 g/mol. The van der Waals surface area contributed by atoms with Crippen LogP contribution in [-0.2, 0) is 10.0 Å². The van der Waals surface area contributed by atoms with E-state index in [1.54, 1.807) is 18.2 Å². The van der Waals surface area contributed by atoms with E-state index in [9.17, 15) is 8.42 Å². The first-order valence-corrected chi connectivity index (χ1v) is 7.77. The molecule has 0 radical (unpaired) electrons. The van der Waals surface area contributed by atoms with E-state index in [2.05, 4.69) is 20.0 Å². The molecule has 2 aromatic rings. The summed E-state index contributed by atoms with van der Waals surface area (Å²) >= 11 is 0. The number of hydrogen-bond acceptors (Lipinski definition) is 6. The van der Waals surface area contributed by atoms with Crippen molar-refractivity contribution in [3.8, 4) is 5.88 Å². The summed E-state index contributed by atoms with van der Waals surface area (Å²) in [6, 6.07) is 6.21. The van der Waals surface area contributed by atoms with Gasteiger partial charge in [-0.3, -0.25) is 4.72 Å². The molecule has 0 unspecified atom stereocenters. The lowest BCUT2D eigenvalue weighted by molar-refractivity contribution is 0.398. The maximum atomic E-state index is 12.4. The highest BCUT2D eigenvalue weighted by Crippen LogP contribution is 2.21. The summed E-state index contributed by atoms with van der Waals surface area (Å²) in [5, 5.41) is 2.92. The fourth-order valence-electron chi connectivity index (χ4n) is 1.68. The fourth-order valence-corrected chi connectivity index (χ4v) is 2.86. The SMILES string of the molecule is CCNc1ncccc1S(=O)(=O)Nc1ccc(OC)nc1. The van der Waals surface area contributed by atoms with Crippen LogP contribution in [-0.4, -0.2) is 32.0 Å². The number of nitrogens with one attached hydrogen (secondary N) is 2. The van der Waals surface area contributed by atoms with Gasteiger partial charge >= 0.3 is 0 Å². The highest BCUT2D eigenvalue weighted by atomic mass is 32.2. The average molecular weight is 308 g/mol. The summed E-state index contributed by atoms with van der Waals surface area (Å²) in [6.07, 6.45) is 2.92. The maximum absolute atomic E-state index is 12.4. The number of sulfonamides is 1. The largest absolute Gasteiger partial charge is 0.481 e. The Bertz CT molecular complexity index is 702. The number of rotatable bonds is 6. The standard InChI is InChI=1S/C13H16N4O3S/c1-3-14-13-11(5-4-8-15-13)21(18,19)17-10-6-7-12(20-2)16-9-10/h4-9,17H,3H2,1-2H3,(H,14,15). The molecule has 0 spiro atoms. The van der Waals surface area contributed by atoms with Gasteiger partial charge in [-0.05, 0) is 25.1 Å². The molecule has 0 aliphatic rings. The van der Waals surface area contributed by atoms with Crippen molar-refractivity contribution in [1.29, 1.82) is 0 Å². The molecule has 0 amide bonds. The van der Waals surface area contributed by atoms with Crippen molar-refractivity contribution in [1.82, 2.24) is 9.97 Å². The van der Waals surface area contributed by atoms with Gasteiger partial charge in [0, 0.05) is 18.8 Å². The Hall–Kier alpha value is -2.35. The van der Waals surface area contributed by atoms with Gasteiger partial charge in [-0.2, -0.15) is 0 Å². The Morgan fingerprint density at radius 2 is 2.05 bits per heavy atom. The van der Waals surface area contributed by atoms with Crippen LogP contribution in [0.5, 0.6) is 5.88 Å². The van der Waals surface area contributed by atoms with Gasteiger partial charge in [0.15, 0.2) is 0 Å². The first kappa shape index (κ1) is 15.0. The van der Waals surface area contributed by atoms with Gasteiger partial charge in [-0.1, -0.05) is 0 Å². The van der Waals surface area contributed by atoms with Crippen LogP contribution in [0.25, 0.3) is 0 Å². The van der Waals surface area contributed by atoms with Gasteiger partial charge in [0.2, 0.25) is 5.88 Å². The lowest BCUT2D eigenvalue weighted by Gasteiger charge is -2.12. The third kappa shape index (κ3) is 3.60. The third-order valence-electron chi connectivity index (χ3n) is 2.60. The molecule has 0 fully saturated rings. The molecule has 2 aromatic heterocycles. The van der Waals surface area contributed by atoms with Crippen molar-refractivity contribution in [3.05, 3.63) is 36.7 Å². The van der Waals surface area contributed by atoms with Crippen molar-refractivity contribution in [2.24, 2.45) is 0 Å². The first-order chi connectivity index (χ1) is 10.1. The van der Waals surface area contributed by atoms with Gasteiger partial charge in [0.05, 0.1) is 19.0 Å². The Morgan fingerprint density at radius 3 is 2.67 bits per heavy atom. The molecular formula is C13H16N4O3S. The minimum atomic E-state index is -3.74. The predicted octanol–water partition coefficient (Wildman–Crippen LogP) is 1.72. The molecule has 2 rings (SSSR count). The van der Waals surface area contributed by atoms with Crippen LogP contribution in [0.3, 0.4) is 0 Å². The van der Waals surface area contributed by atoms with E-state index >= 15 is 0 Å². The molecule has 0 aliphatic carbocycles. The zero-order valence-electron chi connectivity index (χ0n) is 11.7. The van der Waals surface area contributed by atoms with Crippen LogP contribution in [0.15, 0.2) is 41.6 Å². The summed E-state index contributed by atoms with van der Waals surface area (Å²) in [6.45, 7) is 2.44. The molecule has 0 atom stereocenters. The Labute approximate surface area is 123 Å². The second kappa shape index (κ2) is 6.40. The number of hydrogen-bond donors (Lipinski definition) is 2. The molecule has 0 aliphatic heterocycles. The highest BCUT2D eigenvalue weighted by molar-refractivity contribution is 7.92. The molecule has 0 saturated carbocycles. The van der Waals surface area contributed by atoms with E-state index < -0.39 is 10.0 Å². The number of anilines is 2. The molecule has 2 N–H and O–H groups in total. The van der Waals surface area contributed by atoms with Crippen LogP contribution in [0.2, 0.25) is 0 Å². The lowest BCUT2D eigenvalue weighted by atomic mass is 10.4. The monoisotopic (exact) mass is 308 g/mol. The number of nitrogens with zero attached hydrogens (tertiary/aromatic N) is 2. The molecule has 0 aromatic carbocycles. The Kier molecular flexibility index (Phi) is 4.59. The summed E-state index contributed by atoms with van der Waals surface area (Å²) in [5.74, 6) is 0.724. The van der Waals surface area contributed by atoms with Gasteiger partial charge in [0.1, 0.15) is 10.7 Å². The zero-order valence-corrected chi connectivity index (χ0v) is 12.5. The minimum absolute atomic E-state index is 0.0858. The summed E-state index contributed by atoms with van der Waals surface area (Å²) in [7, 11) is -2.25. The highest BCUT2D eigenvalue weighted by Gasteiger charge is 2.19. The van der Waals surface area contributed by atoms with Crippen LogP contribution in [0, 0.1) is 0 Å². The molecule has 8 heteroatoms. The lowest BCUT2D eigenvalue weighted by Crippen LogP contribution is -2.16. The summed E-state index contributed by atoms with van der Waals surface area (Å²) < 4.78 is 32.2. The van der Waals surface area contributed by atoms with Gasteiger partial charge < -0.3 is 10.1 Å². The molecule has 7 nitrogen and oxygen atoms in total. The van der Waals surface area contributed by atoms with E-state index in [1.807, 2.05) is 6.92 Å². The smallest absolute Gasteiger partial charge is 0.265 e. The Balaban J connectivity index is 2.29. The fraction of sp³-hybridized carbons (Fsp3) is 0.231. The quantitative estimate of drug-likeness (QED) is 0.844. The van der Waals surface area contributed by atoms with Crippen molar-refractivity contribution in [2.45, 2.75) is 11.8 Å². The second-order valence-electron chi connectivity index (χ2n) is 4.08. The van der Waals surface area contributed by atoms with E-state index in [0.29, 0.717) is 23.9 Å². The minimum Gasteiger partial charge on any atom is -0.481 e. The normalized spacial score (nSPS) is 11.0. The number of aromatic nitrogens is 2. The van der Waals surface area contributed by atoms with E-state index in [4.69, 9.17) is 4.74 Å². The zero-order chi connectivity index (χ0) is 15.3. The van der Waals surface area contributed by atoms with Crippen molar-refractivity contribution in [3.63, 3.8) is 0 Å². The van der Waals surface area contributed by atoms with Crippen LogP contribution in [0.4, 0.5) is 11.5 Å². The molecule has 0 saturated heterocycles. The van der Waals surface area contributed by atoms with Crippen LogP contribution < -0.4 is 14.8 Å². The second-order valence-corrected chi connectivity index (χ2v) is 5.73. The van der Waals surface area contributed by atoms with Gasteiger partial charge in [-0.15, -0.1) is 0 Å². The maximum Gasteiger partial charge on any atom is 0.265 e. The van der Waals surface area contributed by atoms with Crippen molar-refractivity contribution in [2.75, 3.05) is 23.7 Å². The number of pyridine rings is 2.